The van der Waals surface area contributed by atoms with Crippen LogP contribution in [0, 0.1) is 0 Å². The molecule has 0 atom stereocenters. The Morgan fingerprint density at radius 1 is 1.31 bits per heavy atom. The van der Waals surface area contributed by atoms with Crippen LogP contribution in [0.25, 0.3) is 0 Å². The molecule has 90 valence electrons. The summed E-state index contributed by atoms with van der Waals surface area (Å²) in [6.45, 7) is 5.87. The molecule has 2 nitrogen and oxygen atoms in total. The number of Topliss-reactive ketones (excluding diaryl/α,β-unsaturated/α-hetero) is 1. The number of fused-ring (bicyclic) bond motifs is 1. The van der Waals surface area contributed by atoms with Crippen LogP contribution in [0.4, 0.5) is 0 Å². The molecular weight excluding hydrogens is 198 g/mol. The summed E-state index contributed by atoms with van der Waals surface area (Å²) in [4.78, 5) is 11.7. The van der Waals surface area contributed by atoms with Crippen LogP contribution in [0.5, 0.6) is 0 Å². The Kier molecular flexibility index (Phi) is 4.25. The van der Waals surface area contributed by atoms with Crippen molar-refractivity contribution in [2.45, 2.75) is 45.6 Å². The van der Waals surface area contributed by atoms with Crippen molar-refractivity contribution in [1.29, 1.82) is 0 Å². The molecule has 0 aliphatic heterocycles. The molecule has 0 fully saturated rings. The smallest absolute Gasteiger partial charge is 0.153 e. The normalized spacial score (nSPS) is 16.0. The number of hydrogen-bond acceptors (Lipinski definition) is 2. The van der Waals surface area contributed by atoms with Gasteiger partial charge in [-0.2, -0.15) is 0 Å². The van der Waals surface area contributed by atoms with Gasteiger partial charge in [0.2, 0.25) is 0 Å². The van der Waals surface area contributed by atoms with Gasteiger partial charge in [0, 0.05) is 7.85 Å². The van der Waals surface area contributed by atoms with Crippen molar-refractivity contribution in [3.05, 3.63) is 35.4 Å². The lowest BCUT2D eigenvalue weighted by Crippen LogP contribution is -2.48. The minimum absolute atomic E-state index is 0. The Hall–Kier alpha value is -1.15. The molecule has 0 bridgehead atoms. The highest BCUT2D eigenvalue weighted by molar-refractivity contribution is 5.89. The molecule has 0 aromatic heterocycles. The lowest BCUT2D eigenvalue weighted by molar-refractivity contribution is -0.123. The molecule has 2 heteroatoms. The van der Waals surface area contributed by atoms with Gasteiger partial charge < -0.3 is 5.73 Å². The lowest BCUT2D eigenvalue weighted by Gasteiger charge is -2.20. The Morgan fingerprint density at radius 2 is 1.75 bits per heavy atom. The van der Waals surface area contributed by atoms with E-state index >= 15 is 0 Å². The molecule has 2 N–H and O–H groups in total. The van der Waals surface area contributed by atoms with Gasteiger partial charge in [-0.3, -0.25) is 4.79 Å². The second kappa shape index (κ2) is 5.26. The zero-order chi connectivity index (χ0) is 12.2. The summed E-state index contributed by atoms with van der Waals surface area (Å²) in [7, 11) is 0. The first-order chi connectivity index (χ1) is 7.65. The average molecular weight is 221 g/mol. The van der Waals surface area contributed by atoms with Gasteiger partial charge in [-0.15, -0.1) is 0 Å². The van der Waals surface area contributed by atoms with Gasteiger partial charge in [0.15, 0.2) is 5.78 Å². The van der Waals surface area contributed by atoms with E-state index in [-0.39, 0.29) is 7.21 Å². The van der Waals surface area contributed by atoms with Gasteiger partial charge in [0.05, 0.1) is 5.54 Å². The van der Waals surface area contributed by atoms with Gasteiger partial charge >= 0.3 is 0 Å². The molecule has 0 amide bonds. The maximum atomic E-state index is 11.7. The number of hydrogen-bond donors (Lipinski definition) is 1. The third kappa shape index (κ3) is 2.33. The maximum absolute atomic E-state index is 11.7. The van der Waals surface area contributed by atoms with E-state index in [1.165, 1.54) is 11.1 Å². The van der Waals surface area contributed by atoms with E-state index in [0.29, 0.717) is 19.3 Å². The first-order valence-electron chi connectivity index (χ1n) is 6.05. The summed E-state index contributed by atoms with van der Waals surface area (Å²) in [5, 5.41) is 0. The van der Waals surface area contributed by atoms with E-state index in [9.17, 15) is 4.79 Å². The molecule has 2 rings (SSSR count). The number of ketones is 1. The minimum atomic E-state index is -0.627. The first kappa shape index (κ1) is 12.9. The third-order valence-electron chi connectivity index (χ3n) is 3.01. The number of benzene rings is 1. The van der Waals surface area contributed by atoms with Gasteiger partial charge in [0.25, 0.3) is 0 Å². The van der Waals surface area contributed by atoms with Crippen LogP contribution in [0.2, 0.25) is 0 Å². The van der Waals surface area contributed by atoms with E-state index in [1.54, 1.807) is 0 Å². The second-order valence-electron chi connectivity index (χ2n) is 4.06. The molecular formula is C14H23NO. The van der Waals surface area contributed by atoms with Crippen molar-refractivity contribution < 1.29 is 6.22 Å². The molecule has 1 aromatic carbocycles. The van der Waals surface area contributed by atoms with Crippen LogP contribution in [-0.4, -0.2) is 11.3 Å². The zero-order valence-electron chi connectivity index (χ0n) is 10.4. The van der Waals surface area contributed by atoms with Gasteiger partial charge in [0.1, 0.15) is 0 Å². The summed E-state index contributed by atoms with van der Waals surface area (Å²) in [6, 6.07) is 8.13. The van der Waals surface area contributed by atoms with E-state index in [2.05, 4.69) is 12.1 Å². The zero-order valence-corrected chi connectivity index (χ0v) is 10.4. The molecule has 0 radical (unpaired) electrons. The Balaban J connectivity index is 0.000000811. The molecule has 0 saturated heterocycles. The number of nitrogens with two attached hydrogens (primary N) is 1. The highest BCUT2D eigenvalue weighted by atomic mass is 16.1. The predicted octanol–water partition coefficient (Wildman–Crippen LogP) is 2.73. The summed E-state index contributed by atoms with van der Waals surface area (Å²) in [5.41, 5.74) is 7.95. The fraction of sp³-hybridized carbons (Fsp3) is 0.500. The second-order valence-corrected chi connectivity index (χ2v) is 4.06. The summed E-state index contributed by atoms with van der Waals surface area (Å²) >= 11 is 0. The van der Waals surface area contributed by atoms with Crippen LogP contribution in [0.1, 0.15) is 39.7 Å². The van der Waals surface area contributed by atoms with Crippen LogP contribution in [0.15, 0.2) is 24.3 Å². The summed E-state index contributed by atoms with van der Waals surface area (Å²) in [5.74, 6) is 0.175. The van der Waals surface area contributed by atoms with E-state index in [4.69, 9.17) is 5.73 Å². The van der Waals surface area contributed by atoms with Crippen LogP contribution < -0.4 is 5.73 Å². The molecule has 0 spiro atoms. The van der Waals surface area contributed by atoms with Crippen LogP contribution in [-0.2, 0) is 17.6 Å². The summed E-state index contributed by atoms with van der Waals surface area (Å²) < 4.78 is 0. The Labute approximate surface area is 99.3 Å². The number of carbonyl (C=O) groups excluding carboxylic acids is 1. The Morgan fingerprint density at radius 3 is 2.12 bits per heavy atom. The SMILES string of the molecule is CC.CCC(=O)C1(N)Cc2ccccc2C1.[HH]. The van der Waals surface area contributed by atoms with Gasteiger partial charge in [-0.05, 0) is 24.0 Å². The van der Waals surface area contributed by atoms with Crippen molar-refractivity contribution in [1.82, 2.24) is 0 Å². The standard InChI is InChI=1S/C12H15NO.C2H6.H2/c1-2-11(14)12(13)7-9-5-3-4-6-10(9)8-12;1-2;/h3-6H,2,7-8,13H2,1H3;1-2H3;1H. The molecule has 0 unspecified atom stereocenters. The van der Waals surface area contributed by atoms with E-state index in [1.807, 2.05) is 32.9 Å². The molecule has 1 aliphatic carbocycles. The third-order valence-corrected chi connectivity index (χ3v) is 3.01. The maximum Gasteiger partial charge on any atom is 0.153 e. The largest absolute Gasteiger partial charge is 0.318 e. The van der Waals surface area contributed by atoms with E-state index in [0.717, 1.165) is 0 Å². The van der Waals surface area contributed by atoms with Crippen molar-refractivity contribution >= 4 is 5.78 Å². The van der Waals surface area contributed by atoms with Gasteiger partial charge in [-0.25, -0.2) is 0 Å². The molecule has 1 aromatic rings. The highest BCUT2D eigenvalue weighted by Crippen LogP contribution is 2.29. The van der Waals surface area contributed by atoms with Crippen LogP contribution >= 0.6 is 0 Å². The number of rotatable bonds is 2. The fourth-order valence-electron chi connectivity index (χ4n) is 2.19. The molecule has 1 aliphatic rings. The van der Waals surface area contributed by atoms with Crippen molar-refractivity contribution in [3.63, 3.8) is 0 Å². The van der Waals surface area contributed by atoms with Crippen molar-refractivity contribution in [3.8, 4) is 0 Å². The van der Waals surface area contributed by atoms with Crippen LogP contribution in [0.3, 0.4) is 0 Å². The predicted molar refractivity (Wildman–Crippen MR) is 69.5 cm³/mol. The number of carbonyl (C=O) groups is 1. The highest BCUT2D eigenvalue weighted by Gasteiger charge is 2.38. The molecule has 16 heavy (non-hydrogen) atoms. The molecule has 0 saturated carbocycles. The molecule has 0 heterocycles. The van der Waals surface area contributed by atoms with Gasteiger partial charge in [-0.1, -0.05) is 45.0 Å². The van der Waals surface area contributed by atoms with Crippen molar-refractivity contribution in [2.24, 2.45) is 5.73 Å². The quantitative estimate of drug-likeness (QED) is 0.834. The lowest BCUT2D eigenvalue weighted by atomic mass is 9.90. The van der Waals surface area contributed by atoms with Crippen molar-refractivity contribution in [2.75, 3.05) is 0 Å². The average Bonchev–Trinajstić information content (AvgIpc) is 2.68. The fourth-order valence-corrected chi connectivity index (χ4v) is 2.19. The van der Waals surface area contributed by atoms with E-state index < -0.39 is 5.54 Å². The monoisotopic (exact) mass is 221 g/mol. The summed E-state index contributed by atoms with van der Waals surface area (Å²) in [6.07, 6.45) is 1.94. The Bertz CT molecular complexity index is 351. The topological polar surface area (TPSA) is 43.1 Å². The minimum Gasteiger partial charge on any atom is -0.318 e. The first-order valence-corrected chi connectivity index (χ1v) is 6.05.